The Kier molecular flexibility index (Phi) is 4.47. The third-order valence-electron chi connectivity index (χ3n) is 3.20. The molecule has 1 saturated heterocycles. The Bertz CT molecular complexity index is 351. The van der Waals surface area contributed by atoms with Gasteiger partial charge in [-0.3, -0.25) is 4.79 Å². The summed E-state index contributed by atoms with van der Waals surface area (Å²) in [5, 5.41) is 2.04. The van der Waals surface area contributed by atoms with E-state index >= 15 is 0 Å². The van der Waals surface area contributed by atoms with Crippen molar-refractivity contribution in [2.75, 3.05) is 11.5 Å². The van der Waals surface area contributed by atoms with Gasteiger partial charge in [0.15, 0.2) is 5.78 Å². The molecule has 0 amide bonds. The van der Waals surface area contributed by atoms with Crippen molar-refractivity contribution < 1.29 is 4.79 Å². The summed E-state index contributed by atoms with van der Waals surface area (Å²) < 4.78 is 0. The van der Waals surface area contributed by atoms with Gasteiger partial charge in [-0.05, 0) is 53.7 Å². The highest BCUT2D eigenvalue weighted by molar-refractivity contribution is 7.99. The van der Waals surface area contributed by atoms with E-state index < -0.39 is 0 Å². The molecule has 88 valence electrons. The summed E-state index contributed by atoms with van der Waals surface area (Å²) in [6, 6.07) is 2.09. The van der Waals surface area contributed by atoms with E-state index in [0.29, 0.717) is 11.7 Å². The maximum Gasteiger partial charge on any atom is 0.173 e. The van der Waals surface area contributed by atoms with Gasteiger partial charge >= 0.3 is 0 Å². The Morgan fingerprint density at radius 2 is 2.19 bits per heavy atom. The van der Waals surface area contributed by atoms with Gasteiger partial charge in [0.1, 0.15) is 0 Å². The molecular formula is C13H18OS2. The zero-order valence-corrected chi connectivity index (χ0v) is 11.3. The highest BCUT2D eigenvalue weighted by Crippen LogP contribution is 2.28. The summed E-state index contributed by atoms with van der Waals surface area (Å²) in [4.78, 5) is 13.2. The fraction of sp³-hybridized carbons (Fsp3) is 0.615. The summed E-state index contributed by atoms with van der Waals surface area (Å²) >= 11 is 3.64. The lowest BCUT2D eigenvalue weighted by molar-refractivity contribution is 0.0962. The average Bonchev–Trinajstić information content (AvgIpc) is 2.78. The summed E-state index contributed by atoms with van der Waals surface area (Å²) in [6.07, 6.45) is 4.20. The first-order valence-electron chi connectivity index (χ1n) is 5.98. The van der Waals surface area contributed by atoms with Gasteiger partial charge in [0, 0.05) is 6.42 Å². The molecule has 1 aromatic rings. The van der Waals surface area contributed by atoms with E-state index in [9.17, 15) is 4.79 Å². The van der Waals surface area contributed by atoms with Crippen LogP contribution in [0.25, 0.3) is 0 Å². The third-order valence-corrected chi connectivity index (χ3v) is 5.24. The molecule has 3 heteroatoms. The second-order valence-corrected chi connectivity index (χ2v) is 6.45. The van der Waals surface area contributed by atoms with Gasteiger partial charge in [0.2, 0.25) is 0 Å². The van der Waals surface area contributed by atoms with E-state index in [1.807, 2.05) is 17.1 Å². The summed E-state index contributed by atoms with van der Waals surface area (Å²) in [5.41, 5.74) is 1.24. The Hall–Kier alpha value is -0.280. The first kappa shape index (κ1) is 12.2. The number of hydrogen-bond donors (Lipinski definition) is 0. The molecule has 0 N–H and O–H groups in total. The van der Waals surface area contributed by atoms with Crippen molar-refractivity contribution in [3.63, 3.8) is 0 Å². The van der Waals surface area contributed by atoms with E-state index in [2.05, 4.69) is 13.0 Å². The summed E-state index contributed by atoms with van der Waals surface area (Å²) in [5.74, 6) is 3.50. The van der Waals surface area contributed by atoms with Gasteiger partial charge in [-0.15, -0.1) is 11.3 Å². The van der Waals surface area contributed by atoms with E-state index in [-0.39, 0.29) is 0 Å². The molecule has 0 spiro atoms. The molecule has 1 aromatic heterocycles. The number of Topliss-reactive ketones (excluding diaryl/α,β-unsaturated/α-hetero) is 1. The number of hydrogen-bond acceptors (Lipinski definition) is 3. The van der Waals surface area contributed by atoms with Crippen molar-refractivity contribution in [2.45, 2.75) is 32.6 Å². The van der Waals surface area contributed by atoms with Gasteiger partial charge in [-0.1, -0.05) is 6.92 Å². The van der Waals surface area contributed by atoms with Gasteiger partial charge < -0.3 is 0 Å². The number of carbonyl (C=O) groups excluding carboxylic acids is 1. The van der Waals surface area contributed by atoms with Crippen LogP contribution in [0, 0.1) is 5.92 Å². The molecule has 0 bridgehead atoms. The fourth-order valence-electron chi connectivity index (χ4n) is 2.16. The lowest BCUT2D eigenvalue weighted by Crippen LogP contribution is -2.14. The molecule has 0 radical (unpaired) electrons. The Balaban J connectivity index is 1.96. The minimum Gasteiger partial charge on any atom is -0.293 e. The quantitative estimate of drug-likeness (QED) is 0.755. The summed E-state index contributed by atoms with van der Waals surface area (Å²) in [7, 11) is 0. The number of carbonyl (C=O) groups is 1. The molecule has 16 heavy (non-hydrogen) atoms. The highest BCUT2D eigenvalue weighted by atomic mass is 32.2. The van der Waals surface area contributed by atoms with Crippen molar-refractivity contribution in [1.82, 2.24) is 0 Å². The zero-order valence-electron chi connectivity index (χ0n) is 9.70. The van der Waals surface area contributed by atoms with Gasteiger partial charge in [-0.25, -0.2) is 0 Å². The van der Waals surface area contributed by atoms with Crippen LogP contribution in [0.1, 0.15) is 41.4 Å². The van der Waals surface area contributed by atoms with Crippen molar-refractivity contribution in [1.29, 1.82) is 0 Å². The van der Waals surface area contributed by atoms with Crippen LogP contribution in [-0.2, 0) is 6.42 Å². The fourth-order valence-corrected chi connectivity index (χ4v) is 4.32. The normalized spacial score (nSPS) is 17.6. The van der Waals surface area contributed by atoms with Crippen LogP contribution in [0.4, 0.5) is 0 Å². The summed E-state index contributed by atoms with van der Waals surface area (Å²) in [6.45, 7) is 2.12. The lowest BCUT2D eigenvalue weighted by Gasteiger charge is -2.20. The Labute approximate surface area is 106 Å². The van der Waals surface area contributed by atoms with Gasteiger partial charge in [-0.2, -0.15) is 11.8 Å². The number of thiophene rings is 1. The van der Waals surface area contributed by atoms with Crippen LogP contribution < -0.4 is 0 Å². The van der Waals surface area contributed by atoms with Crippen LogP contribution in [0.5, 0.6) is 0 Å². The lowest BCUT2D eigenvalue weighted by atomic mass is 9.95. The SMILES string of the molecule is CCc1ccsc1C(=O)CC1CCSCC1. The van der Waals surface area contributed by atoms with Gasteiger partial charge in [0.25, 0.3) is 0 Å². The van der Waals surface area contributed by atoms with Crippen molar-refractivity contribution in [3.05, 3.63) is 21.9 Å². The predicted molar refractivity (Wildman–Crippen MR) is 72.7 cm³/mol. The highest BCUT2D eigenvalue weighted by Gasteiger charge is 2.20. The van der Waals surface area contributed by atoms with Crippen LogP contribution in [0.3, 0.4) is 0 Å². The minimum atomic E-state index is 0.378. The molecule has 0 aromatic carbocycles. The van der Waals surface area contributed by atoms with Crippen molar-refractivity contribution in [3.8, 4) is 0 Å². The maximum atomic E-state index is 12.2. The monoisotopic (exact) mass is 254 g/mol. The number of rotatable bonds is 4. The molecule has 0 unspecified atom stereocenters. The number of ketones is 1. The topological polar surface area (TPSA) is 17.1 Å². The predicted octanol–water partition coefficient (Wildman–Crippen LogP) is 4.03. The molecule has 2 heterocycles. The molecule has 0 saturated carbocycles. The maximum absolute atomic E-state index is 12.2. The van der Waals surface area contributed by atoms with Crippen LogP contribution in [0.15, 0.2) is 11.4 Å². The molecular weight excluding hydrogens is 236 g/mol. The molecule has 1 aliphatic heterocycles. The van der Waals surface area contributed by atoms with Gasteiger partial charge in [0.05, 0.1) is 4.88 Å². The van der Waals surface area contributed by atoms with E-state index in [1.54, 1.807) is 11.3 Å². The van der Waals surface area contributed by atoms with E-state index in [0.717, 1.165) is 17.7 Å². The minimum absolute atomic E-state index is 0.378. The molecule has 0 atom stereocenters. The third kappa shape index (κ3) is 2.89. The van der Waals surface area contributed by atoms with Crippen molar-refractivity contribution in [2.24, 2.45) is 5.92 Å². The largest absolute Gasteiger partial charge is 0.293 e. The van der Waals surface area contributed by atoms with Crippen molar-refractivity contribution >= 4 is 28.9 Å². The van der Waals surface area contributed by atoms with Crippen LogP contribution in [-0.4, -0.2) is 17.3 Å². The second kappa shape index (κ2) is 5.87. The number of aryl methyl sites for hydroxylation is 1. The second-order valence-electron chi connectivity index (χ2n) is 4.31. The molecule has 1 fully saturated rings. The Morgan fingerprint density at radius 3 is 2.88 bits per heavy atom. The molecule has 1 nitrogen and oxygen atoms in total. The first-order valence-corrected chi connectivity index (χ1v) is 8.02. The zero-order chi connectivity index (χ0) is 11.4. The number of thioether (sulfide) groups is 1. The smallest absolute Gasteiger partial charge is 0.173 e. The first-order chi connectivity index (χ1) is 7.81. The van der Waals surface area contributed by atoms with E-state index in [1.165, 1.54) is 29.9 Å². The van der Waals surface area contributed by atoms with Crippen LogP contribution in [0.2, 0.25) is 0 Å². The van der Waals surface area contributed by atoms with Crippen LogP contribution >= 0.6 is 23.1 Å². The molecule has 1 aliphatic rings. The van der Waals surface area contributed by atoms with E-state index in [4.69, 9.17) is 0 Å². The standard InChI is InChI=1S/C13H18OS2/c1-2-11-5-8-16-13(11)12(14)9-10-3-6-15-7-4-10/h5,8,10H,2-4,6-7,9H2,1H3. The average molecular weight is 254 g/mol. The Morgan fingerprint density at radius 1 is 1.44 bits per heavy atom. The molecule has 2 rings (SSSR count). The molecule has 0 aliphatic carbocycles.